The predicted octanol–water partition coefficient (Wildman–Crippen LogP) is 2.40. The number of aromatic nitrogens is 2. The quantitative estimate of drug-likeness (QED) is 0.526. The second-order valence-corrected chi connectivity index (χ2v) is 9.52. The zero-order valence-corrected chi connectivity index (χ0v) is 17.6. The van der Waals surface area contributed by atoms with E-state index < -0.39 is 16.4 Å². The highest BCUT2D eigenvalue weighted by atomic mass is 32.2. The number of nitrogens with two attached hydrogens (primary N) is 1. The average Bonchev–Trinajstić information content (AvgIpc) is 3.43. The molecule has 0 bridgehead atoms. The largest absolute Gasteiger partial charge is 0.458 e. The van der Waals surface area contributed by atoms with Gasteiger partial charge in [0.05, 0.1) is 25.0 Å². The average molecular weight is 445 g/mol. The van der Waals surface area contributed by atoms with Gasteiger partial charge in [0.15, 0.2) is 11.4 Å². The fraction of sp³-hybridized carbons (Fsp3) is 0.429. The topological polar surface area (TPSA) is 141 Å². The summed E-state index contributed by atoms with van der Waals surface area (Å²) in [6.07, 6.45) is 5.51. The first-order chi connectivity index (χ1) is 14.9. The van der Waals surface area contributed by atoms with Gasteiger partial charge in [-0.15, -0.1) is 0 Å². The number of aryl methyl sites for hydroxylation is 1. The molecule has 0 saturated heterocycles. The third kappa shape index (κ3) is 4.03. The highest BCUT2D eigenvalue weighted by Gasteiger charge is 2.37. The van der Waals surface area contributed by atoms with E-state index in [1.165, 1.54) is 17.5 Å². The van der Waals surface area contributed by atoms with Gasteiger partial charge in [0.2, 0.25) is 0 Å². The van der Waals surface area contributed by atoms with Crippen molar-refractivity contribution in [3.63, 3.8) is 0 Å². The van der Waals surface area contributed by atoms with Crippen LogP contribution in [0.25, 0.3) is 11.1 Å². The Kier molecular flexibility index (Phi) is 5.17. The molecule has 4 N–H and O–H groups in total. The molecular formula is C21H24N4O5S. The van der Waals surface area contributed by atoms with Gasteiger partial charge < -0.3 is 14.8 Å². The van der Waals surface area contributed by atoms with Crippen molar-refractivity contribution < 1.29 is 22.1 Å². The molecule has 3 aromatic rings. The number of hydrogen-bond donors (Lipinski definition) is 3. The number of aliphatic hydroxyl groups is 1. The molecule has 2 heterocycles. The number of rotatable bonds is 6. The number of hydrogen-bond acceptors (Lipinski definition) is 8. The summed E-state index contributed by atoms with van der Waals surface area (Å²) in [5.74, 6) is 0.286. The molecule has 10 heteroatoms. The second kappa shape index (κ2) is 7.86. The molecule has 0 spiro atoms. The van der Waals surface area contributed by atoms with Crippen molar-refractivity contribution in [2.45, 2.75) is 43.7 Å². The Labute approximate surface area is 179 Å². The second-order valence-electron chi connectivity index (χ2n) is 8.30. The van der Waals surface area contributed by atoms with E-state index in [1.54, 1.807) is 6.26 Å². The summed E-state index contributed by atoms with van der Waals surface area (Å²) >= 11 is 0. The van der Waals surface area contributed by atoms with Crippen LogP contribution in [0.3, 0.4) is 0 Å². The number of fused-ring (bicyclic) bond motifs is 2. The van der Waals surface area contributed by atoms with Crippen LogP contribution in [0.15, 0.2) is 41.3 Å². The van der Waals surface area contributed by atoms with E-state index in [0.29, 0.717) is 29.8 Å². The number of nitrogens with zero attached hydrogens (tertiary/aromatic N) is 2. The van der Waals surface area contributed by atoms with E-state index in [0.717, 1.165) is 18.4 Å². The van der Waals surface area contributed by atoms with E-state index in [2.05, 4.69) is 37.7 Å². The van der Waals surface area contributed by atoms with Crippen LogP contribution in [0.4, 0.5) is 5.82 Å². The standard InChI is InChI=1S/C21H24N4O5S/c22-31(27,28)30-9-14-7-13(8-18(14)26)16-10-29-20-19(16)23-11-24-21(20)25-17-6-5-12-3-1-2-4-15(12)17/h1-4,10-11,13-14,17-18,26H,5-9H2,(H2,22,27,28)(H,23,24,25)/t13-,14-,17-,18-/m0/s1. The van der Waals surface area contributed by atoms with Crippen LogP contribution in [0.5, 0.6) is 0 Å². The van der Waals surface area contributed by atoms with Crippen molar-refractivity contribution in [3.05, 3.63) is 53.5 Å². The molecule has 4 atom stereocenters. The maximum atomic E-state index is 11.1. The van der Waals surface area contributed by atoms with Gasteiger partial charge in [0.25, 0.3) is 0 Å². The van der Waals surface area contributed by atoms with Crippen molar-refractivity contribution >= 4 is 27.2 Å². The Balaban J connectivity index is 1.37. The Morgan fingerprint density at radius 2 is 2.06 bits per heavy atom. The first kappa shape index (κ1) is 20.4. The maximum Gasteiger partial charge on any atom is 0.333 e. The Morgan fingerprint density at radius 3 is 2.90 bits per heavy atom. The molecule has 1 saturated carbocycles. The lowest BCUT2D eigenvalue weighted by Gasteiger charge is -2.14. The third-order valence-electron chi connectivity index (χ3n) is 6.37. The smallest absolute Gasteiger partial charge is 0.333 e. The molecule has 2 aromatic heterocycles. The van der Waals surface area contributed by atoms with Gasteiger partial charge in [-0.1, -0.05) is 24.3 Å². The summed E-state index contributed by atoms with van der Waals surface area (Å²) in [4.78, 5) is 8.83. The summed E-state index contributed by atoms with van der Waals surface area (Å²) < 4.78 is 32.7. The number of nitrogens with one attached hydrogen (secondary N) is 1. The van der Waals surface area contributed by atoms with E-state index in [4.69, 9.17) is 9.56 Å². The lowest BCUT2D eigenvalue weighted by atomic mass is 9.98. The Hall–Kier alpha value is -2.53. The zero-order chi connectivity index (χ0) is 21.6. The fourth-order valence-corrected chi connectivity index (χ4v) is 5.22. The van der Waals surface area contributed by atoms with E-state index in [9.17, 15) is 13.5 Å². The molecular weight excluding hydrogens is 420 g/mol. The molecule has 2 aliphatic rings. The summed E-state index contributed by atoms with van der Waals surface area (Å²) in [7, 11) is -4.04. The van der Waals surface area contributed by atoms with Gasteiger partial charge in [-0.3, -0.25) is 4.18 Å². The minimum atomic E-state index is -4.04. The van der Waals surface area contributed by atoms with Crippen molar-refractivity contribution in [1.82, 2.24) is 9.97 Å². The lowest BCUT2D eigenvalue weighted by Crippen LogP contribution is -2.24. The molecule has 2 aliphatic carbocycles. The van der Waals surface area contributed by atoms with Crippen LogP contribution < -0.4 is 10.5 Å². The summed E-state index contributed by atoms with van der Waals surface area (Å²) in [5.41, 5.74) is 4.79. The number of anilines is 1. The molecule has 0 aliphatic heterocycles. The normalized spacial score (nSPS) is 25.7. The molecule has 0 amide bonds. The first-order valence-corrected chi connectivity index (χ1v) is 11.8. The van der Waals surface area contributed by atoms with E-state index in [-0.39, 0.29) is 24.5 Å². The minimum absolute atomic E-state index is 0.0275. The van der Waals surface area contributed by atoms with Crippen molar-refractivity contribution in [1.29, 1.82) is 0 Å². The van der Waals surface area contributed by atoms with Crippen LogP contribution in [0, 0.1) is 5.92 Å². The molecule has 0 radical (unpaired) electrons. The SMILES string of the molecule is NS(=O)(=O)OC[C@@H]1C[C@H](c2coc3c(N[C@H]4CCc5ccccc54)ncnc23)C[C@@H]1O. The first-order valence-electron chi connectivity index (χ1n) is 10.3. The number of aliphatic hydroxyl groups excluding tert-OH is 1. The number of furan rings is 1. The maximum absolute atomic E-state index is 11.1. The van der Waals surface area contributed by atoms with Crippen LogP contribution in [-0.4, -0.2) is 36.2 Å². The molecule has 1 aromatic carbocycles. The molecule has 31 heavy (non-hydrogen) atoms. The van der Waals surface area contributed by atoms with Gasteiger partial charge in [-0.25, -0.2) is 15.1 Å². The third-order valence-corrected chi connectivity index (χ3v) is 6.83. The molecule has 5 rings (SSSR count). The van der Waals surface area contributed by atoms with E-state index in [1.807, 2.05) is 6.07 Å². The van der Waals surface area contributed by atoms with Crippen LogP contribution in [0.2, 0.25) is 0 Å². The van der Waals surface area contributed by atoms with Crippen LogP contribution >= 0.6 is 0 Å². The van der Waals surface area contributed by atoms with Gasteiger partial charge in [-0.2, -0.15) is 8.42 Å². The highest BCUT2D eigenvalue weighted by Crippen LogP contribution is 2.43. The van der Waals surface area contributed by atoms with Crippen molar-refractivity contribution in [2.24, 2.45) is 11.1 Å². The van der Waals surface area contributed by atoms with Gasteiger partial charge in [-0.05, 0) is 42.7 Å². The minimum Gasteiger partial charge on any atom is -0.458 e. The predicted molar refractivity (Wildman–Crippen MR) is 113 cm³/mol. The summed E-state index contributed by atoms with van der Waals surface area (Å²) in [5, 5.41) is 18.8. The summed E-state index contributed by atoms with van der Waals surface area (Å²) in [6, 6.07) is 8.55. The van der Waals surface area contributed by atoms with E-state index >= 15 is 0 Å². The molecule has 1 fully saturated rings. The van der Waals surface area contributed by atoms with Gasteiger partial charge >= 0.3 is 10.3 Å². The number of benzene rings is 1. The molecule has 0 unspecified atom stereocenters. The molecule has 164 valence electrons. The van der Waals surface area contributed by atoms with Crippen LogP contribution in [-0.2, 0) is 20.9 Å². The fourth-order valence-electron chi connectivity index (χ4n) is 4.85. The van der Waals surface area contributed by atoms with Crippen molar-refractivity contribution in [3.8, 4) is 0 Å². The zero-order valence-electron chi connectivity index (χ0n) is 16.8. The molecule has 9 nitrogen and oxygen atoms in total. The Bertz CT molecular complexity index is 1210. The van der Waals surface area contributed by atoms with Gasteiger partial charge in [0, 0.05) is 11.5 Å². The highest BCUT2D eigenvalue weighted by molar-refractivity contribution is 7.84. The van der Waals surface area contributed by atoms with Crippen molar-refractivity contribution in [2.75, 3.05) is 11.9 Å². The lowest BCUT2D eigenvalue weighted by molar-refractivity contribution is 0.101. The van der Waals surface area contributed by atoms with Crippen LogP contribution in [0.1, 0.15) is 47.9 Å². The van der Waals surface area contributed by atoms with Gasteiger partial charge in [0.1, 0.15) is 11.8 Å². The Morgan fingerprint density at radius 1 is 1.23 bits per heavy atom. The monoisotopic (exact) mass is 444 g/mol. The summed E-state index contributed by atoms with van der Waals surface area (Å²) in [6.45, 7) is -0.144.